The number of aromatic nitrogens is 1. The summed E-state index contributed by atoms with van der Waals surface area (Å²) in [4.78, 5) is 5.70. The Bertz CT molecular complexity index is 2330. The highest BCUT2D eigenvalue weighted by molar-refractivity contribution is 7.92. The van der Waals surface area contributed by atoms with Gasteiger partial charge in [-0.3, -0.25) is 9.21 Å². The van der Waals surface area contributed by atoms with Gasteiger partial charge in [0.15, 0.2) is 0 Å². The number of nitrogens with one attached hydrogen (secondary N) is 1. The predicted octanol–water partition coefficient (Wildman–Crippen LogP) is 9.16. The molecule has 262 valence electrons. The van der Waals surface area contributed by atoms with Gasteiger partial charge in [-0.05, 0) is 52.6 Å². The molecule has 1 N–H and O–H groups in total. The Morgan fingerprint density at radius 1 is 0.635 bits per heavy atom. The molecule has 0 saturated carbocycles. The van der Waals surface area contributed by atoms with Crippen molar-refractivity contribution in [3.8, 4) is 11.5 Å². The van der Waals surface area contributed by atoms with E-state index in [9.17, 15) is 8.42 Å². The molecule has 0 aliphatic carbocycles. The number of rotatable bonds is 16. The Morgan fingerprint density at radius 2 is 1.27 bits per heavy atom. The second kappa shape index (κ2) is 16.2. The molecular formula is C44H41N3O4S. The van der Waals surface area contributed by atoms with Crippen LogP contribution >= 0.6 is 0 Å². The second-order valence-corrected chi connectivity index (χ2v) is 14.7. The van der Waals surface area contributed by atoms with Crippen molar-refractivity contribution < 1.29 is 17.9 Å². The first-order chi connectivity index (χ1) is 25.4. The fourth-order valence-electron chi connectivity index (χ4n) is 6.24. The Hall–Kier alpha value is -5.57. The summed E-state index contributed by atoms with van der Waals surface area (Å²) < 4.78 is 40.6. The highest BCUT2D eigenvalue weighted by atomic mass is 32.2. The zero-order chi connectivity index (χ0) is 35.8. The topological polar surface area (TPSA) is 74.9 Å². The molecule has 0 bridgehead atoms. The van der Waals surface area contributed by atoms with Crippen LogP contribution in [-0.2, 0) is 29.7 Å². The van der Waals surface area contributed by atoms with E-state index in [0.29, 0.717) is 37.7 Å². The molecule has 0 aliphatic heterocycles. The number of ether oxygens (including phenoxy) is 2. The Kier molecular flexibility index (Phi) is 10.9. The van der Waals surface area contributed by atoms with Crippen LogP contribution in [0.25, 0.3) is 21.8 Å². The van der Waals surface area contributed by atoms with E-state index in [1.165, 1.54) is 26.9 Å². The van der Waals surface area contributed by atoms with Crippen LogP contribution in [0.1, 0.15) is 22.3 Å². The fraction of sp³-hybridized carbons (Fsp3) is 0.136. The van der Waals surface area contributed by atoms with Gasteiger partial charge in [0.2, 0.25) is 10.0 Å². The third kappa shape index (κ3) is 8.83. The van der Waals surface area contributed by atoms with Gasteiger partial charge in [-0.1, -0.05) is 115 Å². The van der Waals surface area contributed by atoms with E-state index < -0.39 is 10.0 Å². The van der Waals surface area contributed by atoms with Gasteiger partial charge in [-0.25, -0.2) is 8.42 Å². The predicted molar refractivity (Wildman–Crippen MR) is 211 cm³/mol. The molecule has 6 aromatic carbocycles. The molecule has 7 rings (SSSR count). The lowest BCUT2D eigenvalue weighted by atomic mass is 10.1. The molecule has 2 radical (unpaired) electrons. The van der Waals surface area contributed by atoms with Gasteiger partial charge in [0, 0.05) is 48.4 Å². The third-order valence-electron chi connectivity index (χ3n) is 8.89. The van der Waals surface area contributed by atoms with E-state index in [4.69, 9.17) is 9.47 Å². The molecule has 1 heterocycles. The fourth-order valence-corrected chi connectivity index (χ4v) is 7.12. The van der Waals surface area contributed by atoms with Crippen LogP contribution in [-0.4, -0.2) is 37.7 Å². The minimum Gasteiger partial charge on any atom is -0.492 e. The number of fused-ring (bicyclic) bond motifs is 3. The van der Waals surface area contributed by atoms with E-state index in [-0.39, 0.29) is 6.54 Å². The number of para-hydroxylation sites is 1. The van der Waals surface area contributed by atoms with Gasteiger partial charge in [0.05, 0.1) is 24.0 Å². The summed E-state index contributed by atoms with van der Waals surface area (Å²) in [6, 6.07) is 49.9. The zero-order valence-corrected chi connectivity index (χ0v) is 29.9. The molecule has 0 aliphatic rings. The maximum Gasteiger partial charge on any atom is 0.232 e. The summed E-state index contributed by atoms with van der Waals surface area (Å²) in [5.74, 6) is 1.29. The Labute approximate surface area is 306 Å². The van der Waals surface area contributed by atoms with E-state index >= 15 is 0 Å². The van der Waals surface area contributed by atoms with Gasteiger partial charge in [-0.15, -0.1) is 0 Å². The zero-order valence-electron chi connectivity index (χ0n) is 29.1. The molecule has 8 heteroatoms. The van der Waals surface area contributed by atoms with Gasteiger partial charge in [0.25, 0.3) is 0 Å². The first-order valence-electron chi connectivity index (χ1n) is 17.3. The van der Waals surface area contributed by atoms with Crippen molar-refractivity contribution >= 4 is 37.5 Å². The van der Waals surface area contributed by atoms with E-state index in [1.54, 1.807) is 0 Å². The van der Waals surface area contributed by atoms with Crippen molar-refractivity contribution in [1.29, 1.82) is 0 Å². The highest BCUT2D eigenvalue weighted by Gasteiger charge is 2.23. The summed E-state index contributed by atoms with van der Waals surface area (Å²) in [5, 5.41) is 2.37. The lowest BCUT2D eigenvalue weighted by Crippen LogP contribution is -2.30. The van der Waals surface area contributed by atoms with Crippen molar-refractivity contribution in [3.63, 3.8) is 0 Å². The largest absolute Gasteiger partial charge is 0.492 e. The van der Waals surface area contributed by atoms with Crippen LogP contribution in [0.5, 0.6) is 11.5 Å². The number of hydrogen-bond acceptors (Lipinski definition) is 5. The molecule has 0 atom stereocenters. The molecule has 1 aromatic heterocycles. The number of hydrogen-bond donors (Lipinski definition) is 1. The number of nitrogens with zero attached hydrogens (tertiary/aromatic N) is 2. The summed E-state index contributed by atoms with van der Waals surface area (Å²) in [7, 11) is -3.67. The van der Waals surface area contributed by atoms with Crippen molar-refractivity contribution in [2.75, 3.05) is 23.7 Å². The maximum atomic E-state index is 13.3. The normalized spacial score (nSPS) is 11.7. The second-order valence-electron chi connectivity index (χ2n) is 12.8. The van der Waals surface area contributed by atoms with Crippen LogP contribution < -0.4 is 13.8 Å². The Morgan fingerprint density at radius 3 is 1.98 bits per heavy atom. The van der Waals surface area contributed by atoms with Crippen molar-refractivity contribution in [2.24, 2.45) is 0 Å². The molecule has 0 amide bonds. The van der Waals surface area contributed by atoms with Crippen molar-refractivity contribution in [1.82, 2.24) is 9.88 Å². The average Bonchev–Trinajstić information content (AvgIpc) is 3.54. The molecule has 0 spiro atoms. The molecule has 0 unspecified atom stereocenters. The lowest BCUT2D eigenvalue weighted by Gasteiger charge is -2.26. The molecule has 7 aromatic rings. The van der Waals surface area contributed by atoms with Crippen LogP contribution in [0.3, 0.4) is 0 Å². The maximum absolute atomic E-state index is 13.3. The Balaban J connectivity index is 1.10. The smallest absolute Gasteiger partial charge is 0.232 e. The minimum atomic E-state index is -3.67. The van der Waals surface area contributed by atoms with Crippen LogP contribution in [0.2, 0.25) is 0 Å². The SMILES string of the molecule is CS(=O)(=O)N(Cc1ccccc1)c1cc([CH][CH]N(CCOc2ccc3c(c2)[nH]c2ccccc23)Cc2ccccc2)ccc1OCc1ccccc1. The number of anilines is 1. The van der Waals surface area contributed by atoms with Crippen molar-refractivity contribution in [3.05, 3.63) is 187 Å². The quantitative estimate of drug-likeness (QED) is 0.108. The van der Waals surface area contributed by atoms with Crippen LogP contribution in [0.4, 0.5) is 5.69 Å². The van der Waals surface area contributed by atoms with E-state index in [0.717, 1.165) is 33.5 Å². The number of H-pyrrole nitrogens is 1. The molecule has 7 nitrogen and oxygen atoms in total. The number of sulfonamides is 1. The molecular weight excluding hydrogens is 667 g/mol. The highest BCUT2D eigenvalue weighted by Crippen LogP contribution is 2.34. The summed E-state index contributed by atoms with van der Waals surface area (Å²) in [6.45, 7) is 4.31. The van der Waals surface area contributed by atoms with Crippen LogP contribution in [0, 0.1) is 13.0 Å². The van der Waals surface area contributed by atoms with E-state index in [2.05, 4.69) is 52.3 Å². The van der Waals surface area contributed by atoms with E-state index in [1.807, 2.05) is 122 Å². The lowest BCUT2D eigenvalue weighted by molar-refractivity contribution is 0.237. The van der Waals surface area contributed by atoms with Crippen LogP contribution in [0.15, 0.2) is 152 Å². The van der Waals surface area contributed by atoms with Gasteiger partial charge >= 0.3 is 0 Å². The third-order valence-corrected chi connectivity index (χ3v) is 10.0. The average molecular weight is 708 g/mol. The van der Waals surface area contributed by atoms with Gasteiger partial charge in [0.1, 0.15) is 24.7 Å². The van der Waals surface area contributed by atoms with Crippen molar-refractivity contribution in [2.45, 2.75) is 19.7 Å². The minimum absolute atomic E-state index is 0.177. The standard InChI is InChI=1S/C44H41N3O4S/c1-52(48,49)47(32-36-15-7-3-8-16-36)43-29-34(21-24-44(43)51-33-37-17-9-4-10-18-37)25-26-46(31-35-13-5-2-6-14-35)27-28-50-38-22-23-40-39-19-11-12-20-41(39)45-42(40)30-38/h2-26,29-30,45H,27-28,31-33H2,1H3. The van der Waals surface area contributed by atoms with Gasteiger partial charge in [-0.2, -0.15) is 0 Å². The first-order valence-corrected chi connectivity index (χ1v) is 19.2. The molecule has 0 saturated heterocycles. The molecule has 52 heavy (non-hydrogen) atoms. The monoisotopic (exact) mass is 707 g/mol. The summed E-state index contributed by atoms with van der Waals surface area (Å²) in [6.07, 6.45) is 3.24. The van der Waals surface area contributed by atoms with Gasteiger partial charge < -0.3 is 14.5 Å². The molecule has 0 fully saturated rings. The summed E-state index contributed by atoms with van der Waals surface area (Å²) in [5.41, 5.74) is 6.51. The summed E-state index contributed by atoms with van der Waals surface area (Å²) >= 11 is 0. The first kappa shape index (κ1) is 34.9. The number of benzene rings is 6. The number of aromatic amines is 1.